The molecule has 1 N–H and O–H groups in total. The highest BCUT2D eigenvalue weighted by atomic mass is 32.1. The molecule has 27 heavy (non-hydrogen) atoms. The number of nitrogens with zero attached hydrogens (tertiary/aromatic N) is 3. The van der Waals surface area contributed by atoms with Crippen molar-refractivity contribution in [2.75, 3.05) is 5.32 Å². The fourth-order valence-corrected chi connectivity index (χ4v) is 4.21. The molecular formula is C20H18N4O2S. The molecule has 0 atom stereocenters. The lowest BCUT2D eigenvalue weighted by Gasteiger charge is -2.08. The quantitative estimate of drug-likeness (QED) is 0.588. The summed E-state index contributed by atoms with van der Waals surface area (Å²) < 4.78 is 2.75. The van der Waals surface area contributed by atoms with Gasteiger partial charge in [-0.1, -0.05) is 29.5 Å². The maximum atomic E-state index is 12.4. The summed E-state index contributed by atoms with van der Waals surface area (Å²) in [5.41, 5.74) is 3.81. The minimum Gasteiger partial charge on any atom is -0.302 e. The van der Waals surface area contributed by atoms with Crippen molar-refractivity contribution >= 4 is 43.5 Å². The minimum atomic E-state index is -0.131. The third-order valence-corrected chi connectivity index (χ3v) is 5.31. The first-order valence-electron chi connectivity index (χ1n) is 8.64. The average molecular weight is 378 g/mol. The summed E-state index contributed by atoms with van der Waals surface area (Å²) >= 11 is 1.47. The van der Waals surface area contributed by atoms with Crippen LogP contribution >= 0.6 is 11.3 Å². The number of rotatable bonds is 4. The molecule has 2 aromatic carbocycles. The van der Waals surface area contributed by atoms with Gasteiger partial charge in [0.25, 0.3) is 0 Å². The SMILES string of the molecule is Cc1cc(C)c2nc(NC(=O)CCn3ncc(=O)c4ccccc43)sc2c1. The molecule has 0 spiro atoms. The minimum absolute atomic E-state index is 0.119. The lowest BCUT2D eigenvalue weighted by molar-refractivity contribution is -0.116. The molecule has 0 aliphatic rings. The summed E-state index contributed by atoms with van der Waals surface area (Å²) in [5.74, 6) is -0.131. The highest BCUT2D eigenvalue weighted by Gasteiger charge is 2.11. The van der Waals surface area contributed by atoms with Gasteiger partial charge in [0.2, 0.25) is 11.3 Å². The summed E-state index contributed by atoms with van der Waals surface area (Å²) in [6.07, 6.45) is 1.53. The Morgan fingerprint density at radius 3 is 2.89 bits per heavy atom. The van der Waals surface area contributed by atoms with E-state index in [1.54, 1.807) is 10.7 Å². The van der Waals surface area contributed by atoms with E-state index in [1.807, 2.05) is 32.0 Å². The van der Waals surface area contributed by atoms with Gasteiger partial charge in [-0.05, 0) is 43.2 Å². The number of benzene rings is 2. The van der Waals surface area contributed by atoms with Gasteiger partial charge in [0.1, 0.15) is 0 Å². The molecule has 0 unspecified atom stereocenters. The van der Waals surface area contributed by atoms with Gasteiger partial charge in [0, 0.05) is 11.8 Å². The normalized spacial score (nSPS) is 11.2. The predicted octanol–water partition coefficient (Wildman–Crippen LogP) is 3.65. The van der Waals surface area contributed by atoms with Crippen molar-refractivity contribution in [2.24, 2.45) is 0 Å². The van der Waals surface area contributed by atoms with Crippen LogP contribution < -0.4 is 10.7 Å². The number of carbonyl (C=O) groups excluding carboxylic acids is 1. The Morgan fingerprint density at radius 2 is 2.04 bits per heavy atom. The number of para-hydroxylation sites is 1. The number of amides is 1. The largest absolute Gasteiger partial charge is 0.302 e. The fourth-order valence-electron chi connectivity index (χ4n) is 3.15. The van der Waals surface area contributed by atoms with Gasteiger partial charge in [0.15, 0.2) is 5.13 Å². The monoisotopic (exact) mass is 378 g/mol. The number of hydrogen-bond acceptors (Lipinski definition) is 5. The molecule has 0 fully saturated rings. The highest BCUT2D eigenvalue weighted by Crippen LogP contribution is 2.29. The number of hydrogen-bond donors (Lipinski definition) is 1. The summed E-state index contributed by atoms with van der Waals surface area (Å²) in [6, 6.07) is 11.4. The van der Waals surface area contributed by atoms with Crippen molar-refractivity contribution in [1.82, 2.24) is 14.8 Å². The van der Waals surface area contributed by atoms with E-state index in [-0.39, 0.29) is 17.8 Å². The van der Waals surface area contributed by atoms with E-state index in [4.69, 9.17) is 0 Å². The zero-order valence-electron chi connectivity index (χ0n) is 15.0. The van der Waals surface area contributed by atoms with Gasteiger partial charge in [-0.2, -0.15) is 5.10 Å². The Morgan fingerprint density at radius 1 is 1.22 bits per heavy atom. The van der Waals surface area contributed by atoms with E-state index >= 15 is 0 Å². The van der Waals surface area contributed by atoms with E-state index in [1.165, 1.54) is 23.1 Å². The molecule has 4 aromatic rings. The average Bonchev–Trinajstić information content (AvgIpc) is 3.04. The third kappa shape index (κ3) is 3.46. The molecule has 7 heteroatoms. The van der Waals surface area contributed by atoms with Crippen LogP contribution in [-0.4, -0.2) is 20.7 Å². The number of thiazole rings is 1. The molecule has 0 saturated carbocycles. The first-order chi connectivity index (χ1) is 13.0. The molecule has 136 valence electrons. The summed E-state index contributed by atoms with van der Waals surface area (Å²) in [7, 11) is 0. The summed E-state index contributed by atoms with van der Waals surface area (Å²) in [4.78, 5) is 28.8. The van der Waals surface area contributed by atoms with Gasteiger partial charge >= 0.3 is 0 Å². The smallest absolute Gasteiger partial charge is 0.228 e. The van der Waals surface area contributed by atoms with Crippen LogP contribution in [0.2, 0.25) is 0 Å². The van der Waals surface area contributed by atoms with Gasteiger partial charge in [-0.15, -0.1) is 0 Å². The second kappa shape index (κ2) is 6.92. The maximum Gasteiger partial charge on any atom is 0.228 e. The Balaban J connectivity index is 1.50. The van der Waals surface area contributed by atoms with E-state index in [9.17, 15) is 9.59 Å². The standard InChI is InChI=1S/C20H18N4O2S/c1-12-9-13(2)19-17(10-12)27-20(23-19)22-18(26)7-8-24-15-6-4-3-5-14(15)16(25)11-21-24/h3-6,9-11H,7-8H2,1-2H3,(H,22,23,26). The van der Waals surface area contributed by atoms with Crippen molar-refractivity contribution in [2.45, 2.75) is 26.8 Å². The Bertz CT molecular complexity index is 1230. The number of carbonyl (C=O) groups is 1. The Kier molecular flexibility index (Phi) is 4.45. The van der Waals surface area contributed by atoms with Crippen molar-refractivity contribution in [3.8, 4) is 0 Å². The molecule has 4 rings (SSSR count). The van der Waals surface area contributed by atoms with E-state index in [0.717, 1.165) is 21.3 Å². The van der Waals surface area contributed by atoms with E-state index in [0.29, 0.717) is 17.1 Å². The fraction of sp³-hybridized carbons (Fsp3) is 0.200. The maximum absolute atomic E-state index is 12.4. The molecule has 0 aliphatic heterocycles. The van der Waals surface area contributed by atoms with Crippen LogP contribution in [0.3, 0.4) is 0 Å². The lowest BCUT2D eigenvalue weighted by Crippen LogP contribution is -2.17. The molecular weight excluding hydrogens is 360 g/mol. The van der Waals surface area contributed by atoms with E-state index in [2.05, 4.69) is 27.5 Å². The van der Waals surface area contributed by atoms with Crippen LogP contribution in [0.15, 0.2) is 47.4 Å². The number of aryl methyl sites for hydroxylation is 3. The number of nitrogens with one attached hydrogen (secondary N) is 1. The number of aromatic nitrogens is 3. The Hall–Kier alpha value is -3.06. The van der Waals surface area contributed by atoms with Crippen LogP contribution in [0.1, 0.15) is 17.5 Å². The van der Waals surface area contributed by atoms with Crippen LogP contribution in [0, 0.1) is 13.8 Å². The predicted molar refractivity (Wildman–Crippen MR) is 108 cm³/mol. The zero-order chi connectivity index (χ0) is 19.0. The molecule has 0 radical (unpaired) electrons. The highest BCUT2D eigenvalue weighted by molar-refractivity contribution is 7.22. The van der Waals surface area contributed by atoms with Gasteiger partial charge in [-0.25, -0.2) is 4.98 Å². The second-order valence-corrected chi connectivity index (χ2v) is 7.53. The van der Waals surface area contributed by atoms with Crippen LogP contribution in [0.4, 0.5) is 5.13 Å². The molecule has 0 bridgehead atoms. The zero-order valence-corrected chi connectivity index (χ0v) is 15.8. The first-order valence-corrected chi connectivity index (χ1v) is 9.45. The summed E-state index contributed by atoms with van der Waals surface area (Å²) in [6.45, 7) is 4.45. The molecule has 2 heterocycles. The Labute approximate surface area is 159 Å². The van der Waals surface area contributed by atoms with Crippen LogP contribution in [-0.2, 0) is 11.3 Å². The van der Waals surface area contributed by atoms with Crippen LogP contribution in [0.25, 0.3) is 21.1 Å². The molecule has 0 aliphatic carbocycles. The van der Waals surface area contributed by atoms with Gasteiger partial charge in [0.05, 0.1) is 28.5 Å². The molecule has 6 nitrogen and oxygen atoms in total. The topological polar surface area (TPSA) is 76.9 Å². The molecule has 2 aromatic heterocycles. The van der Waals surface area contributed by atoms with E-state index < -0.39 is 0 Å². The van der Waals surface area contributed by atoms with Crippen molar-refractivity contribution < 1.29 is 4.79 Å². The first kappa shape index (κ1) is 17.4. The van der Waals surface area contributed by atoms with Crippen molar-refractivity contribution in [3.63, 3.8) is 0 Å². The molecule has 0 saturated heterocycles. The third-order valence-electron chi connectivity index (χ3n) is 4.39. The van der Waals surface area contributed by atoms with Crippen molar-refractivity contribution in [1.29, 1.82) is 0 Å². The summed E-state index contributed by atoms with van der Waals surface area (Å²) in [5, 5.41) is 8.23. The van der Waals surface area contributed by atoms with Gasteiger partial charge < -0.3 is 5.32 Å². The van der Waals surface area contributed by atoms with Gasteiger partial charge in [-0.3, -0.25) is 14.3 Å². The molecule has 1 amide bonds. The number of fused-ring (bicyclic) bond motifs is 2. The van der Waals surface area contributed by atoms with Crippen LogP contribution in [0.5, 0.6) is 0 Å². The lowest BCUT2D eigenvalue weighted by atomic mass is 10.1. The second-order valence-electron chi connectivity index (χ2n) is 6.49. The van der Waals surface area contributed by atoms with Crippen molar-refractivity contribution in [3.05, 3.63) is 63.9 Å². The number of anilines is 1.